The average molecular weight is 330 g/mol. The third-order valence-electron chi connectivity index (χ3n) is 3.89. The molecule has 2 aromatic rings. The molecule has 22 heavy (non-hydrogen) atoms. The van der Waals surface area contributed by atoms with Crippen LogP contribution in [0, 0.1) is 0 Å². The molecule has 0 N–H and O–H groups in total. The maximum absolute atomic E-state index is 5.84. The molecule has 3 rings (SSSR count). The van der Waals surface area contributed by atoms with Gasteiger partial charge in [-0.25, -0.2) is 0 Å². The van der Waals surface area contributed by atoms with Crippen molar-refractivity contribution in [2.24, 2.45) is 0 Å². The fraction of sp³-hybridized carbons (Fsp3) is 0.368. The SMILES string of the molecule is c1ccc(P(CCSC2CCCCO2)c2ccccc2)cc1. The predicted molar refractivity (Wildman–Crippen MR) is 100.0 cm³/mol. The van der Waals surface area contributed by atoms with Crippen molar-refractivity contribution in [3.05, 3.63) is 60.7 Å². The highest BCUT2D eigenvalue weighted by Gasteiger charge is 2.17. The first kappa shape index (κ1) is 16.1. The zero-order valence-corrected chi connectivity index (χ0v) is 14.6. The number of thioether (sulfide) groups is 1. The van der Waals surface area contributed by atoms with Crippen LogP contribution < -0.4 is 10.6 Å². The third-order valence-corrected chi connectivity index (χ3v) is 7.89. The van der Waals surface area contributed by atoms with E-state index in [1.165, 1.54) is 41.8 Å². The van der Waals surface area contributed by atoms with Crippen LogP contribution in [0.4, 0.5) is 0 Å². The Morgan fingerprint density at radius 3 is 2.09 bits per heavy atom. The number of ether oxygens (including phenoxy) is 1. The van der Waals surface area contributed by atoms with Gasteiger partial charge in [-0.3, -0.25) is 0 Å². The number of rotatable bonds is 6. The maximum Gasteiger partial charge on any atom is 0.103 e. The minimum absolute atomic E-state index is 0.254. The van der Waals surface area contributed by atoms with Gasteiger partial charge in [0.15, 0.2) is 0 Å². The first-order valence-corrected chi connectivity index (χ1v) is 10.6. The summed E-state index contributed by atoms with van der Waals surface area (Å²) < 4.78 is 5.84. The van der Waals surface area contributed by atoms with Crippen molar-refractivity contribution in [1.29, 1.82) is 0 Å². The van der Waals surface area contributed by atoms with E-state index >= 15 is 0 Å². The minimum atomic E-state index is -0.254. The van der Waals surface area contributed by atoms with Gasteiger partial charge in [-0.05, 0) is 44.0 Å². The number of hydrogen-bond donors (Lipinski definition) is 0. The van der Waals surface area contributed by atoms with Crippen LogP contribution in [0.5, 0.6) is 0 Å². The van der Waals surface area contributed by atoms with E-state index in [4.69, 9.17) is 4.74 Å². The van der Waals surface area contributed by atoms with Gasteiger partial charge in [-0.2, -0.15) is 0 Å². The van der Waals surface area contributed by atoms with Gasteiger partial charge in [-0.1, -0.05) is 60.7 Å². The smallest absolute Gasteiger partial charge is 0.103 e. The van der Waals surface area contributed by atoms with Crippen LogP contribution in [-0.2, 0) is 4.74 Å². The number of benzene rings is 2. The molecule has 0 aliphatic carbocycles. The summed E-state index contributed by atoms with van der Waals surface area (Å²) in [7, 11) is -0.254. The summed E-state index contributed by atoms with van der Waals surface area (Å²) in [4.78, 5) is 0. The van der Waals surface area contributed by atoms with E-state index in [1.807, 2.05) is 11.8 Å². The van der Waals surface area contributed by atoms with E-state index in [1.54, 1.807) is 0 Å². The fourth-order valence-corrected chi connectivity index (χ4v) is 6.56. The molecule has 1 aliphatic heterocycles. The average Bonchev–Trinajstić information content (AvgIpc) is 2.61. The molecule has 116 valence electrons. The van der Waals surface area contributed by atoms with Crippen molar-refractivity contribution in [2.75, 3.05) is 18.5 Å². The molecule has 1 heterocycles. The maximum atomic E-state index is 5.84. The lowest BCUT2D eigenvalue weighted by atomic mass is 10.2. The van der Waals surface area contributed by atoms with Crippen LogP contribution in [0.1, 0.15) is 19.3 Å². The molecule has 1 atom stereocenters. The van der Waals surface area contributed by atoms with Crippen molar-refractivity contribution in [1.82, 2.24) is 0 Å². The van der Waals surface area contributed by atoms with E-state index in [-0.39, 0.29) is 7.92 Å². The topological polar surface area (TPSA) is 9.23 Å². The Morgan fingerprint density at radius 1 is 0.909 bits per heavy atom. The lowest BCUT2D eigenvalue weighted by Crippen LogP contribution is -2.18. The van der Waals surface area contributed by atoms with Crippen LogP contribution in [0.25, 0.3) is 0 Å². The van der Waals surface area contributed by atoms with E-state index in [0.717, 1.165) is 6.61 Å². The van der Waals surface area contributed by atoms with Gasteiger partial charge in [0.1, 0.15) is 5.44 Å². The van der Waals surface area contributed by atoms with E-state index in [9.17, 15) is 0 Å². The van der Waals surface area contributed by atoms with Crippen LogP contribution >= 0.6 is 19.7 Å². The summed E-state index contributed by atoms with van der Waals surface area (Å²) in [5.74, 6) is 1.18. The Morgan fingerprint density at radius 2 is 1.55 bits per heavy atom. The zero-order chi connectivity index (χ0) is 15.0. The van der Waals surface area contributed by atoms with Gasteiger partial charge in [0.05, 0.1) is 0 Å². The van der Waals surface area contributed by atoms with Crippen LogP contribution in [0.2, 0.25) is 0 Å². The van der Waals surface area contributed by atoms with E-state index < -0.39 is 0 Å². The van der Waals surface area contributed by atoms with Gasteiger partial charge in [-0.15, -0.1) is 11.8 Å². The third kappa shape index (κ3) is 4.59. The summed E-state index contributed by atoms with van der Waals surface area (Å²) in [5.41, 5.74) is 0.428. The standard InChI is InChI=1S/C19H23OPS/c1-3-9-17(10-4-1)21(18-11-5-2-6-12-18)15-16-22-19-13-7-8-14-20-19/h1-6,9-12,19H,7-8,13-16H2. The molecular weight excluding hydrogens is 307 g/mol. The Bertz CT molecular complexity index is 500. The molecular formula is C19H23OPS. The molecule has 1 fully saturated rings. The molecule has 0 radical (unpaired) electrons. The van der Waals surface area contributed by atoms with Crippen LogP contribution in [0.15, 0.2) is 60.7 Å². The number of hydrogen-bond acceptors (Lipinski definition) is 2. The van der Waals surface area contributed by atoms with E-state index in [2.05, 4.69) is 60.7 Å². The molecule has 2 aromatic carbocycles. The first-order chi connectivity index (χ1) is 10.9. The molecule has 1 unspecified atom stereocenters. The molecule has 3 heteroatoms. The molecule has 0 bridgehead atoms. The quantitative estimate of drug-likeness (QED) is 0.727. The van der Waals surface area contributed by atoms with Crippen molar-refractivity contribution in [3.8, 4) is 0 Å². The van der Waals surface area contributed by atoms with E-state index in [0.29, 0.717) is 5.44 Å². The van der Waals surface area contributed by atoms with Gasteiger partial charge < -0.3 is 4.74 Å². The van der Waals surface area contributed by atoms with Crippen molar-refractivity contribution >= 4 is 30.3 Å². The van der Waals surface area contributed by atoms with Crippen molar-refractivity contribution < 1.29 is 4.74 Å². The van der Waals surface area contributed by atoms with Crippen LogP contribution in [0.3, 0.4) is 0 Å². The highest BCUT2D eigenvalue weighted by Crippen LogP contribution is 2.35. The summed E-state index contributed by atoms with van der Waals surface area (Å²) in [6.45, 7) is 0.948. The Labute approximate surface area is 139 Å². The molecule has 0 saturated carbocycles. The summed E-state index contributed by atoms with van der Waals surface area (Å²) in [6.07, 6.45) is 5.01. The second-order valence-electron chi connectivity index (χ2n) is 5.49. The lowest BCUT2D eigenvalue weighted by molar-refractivity contribution is 0.0729. The zero-order valence-electron chi connectivity index (χ0n) is 12.9. The fourth-order valence-electron chi connectivity index (χ4n) is 2.74. The highest BCUT2D eigenvalue weighted by atomic mass is 32.2. The molecule has 1 aliphatic rings. The molecule has 0 spiro atoms. The van der Waals surface area contributed by atoms with Gasteiger partial charge in [0.2, 0.25) is 0 Å². The summed E-state index contributed by atoms with van der Waals surface area (Å²) >= 11 is 2.01. The molecule has 1 nitrogen and oxygen atoms in total. The predicted octanol–water partition coefficient (Wildman–Crippen LogP) is 4.38. The largest absolute Gasteiger partial charge is 0.368 e. The van der Waals surface area contributed by atoms with Crippen LogP contribution in [-0.4, -0.2) is 24.0 Å². The Balaban J connectivity index is 1.64. The van der Waals surface area contributed by atoms with Crippen molar-refractivity contribution in [3.63, 3.8) is 0 Å². The molecule has 0 aromatic heterocycles. The van der Waals surface area contributed by atoms with Gasteiger partial charge in [0, 0.05) is 12.4 Å². The first-order valence-electron chi connectivity index (χ1n) is 8.04. The second kappa shape index (κ2) is 8.72. The Hall–Kier alpha value is -0.820. The second-order valence-corrected chi connectivity index (χ2v) is 9.09. The van der Waals surface area contributed by atoms with Gasteiger partial charge in [0.25, 0.3) is 0 Å². The van der Waals surface area contributed by atoms with Crippen molar-refractivity contribution in [2.45, 2.75) is 24.7 Å². The lowest BCUT2D eigenvalue weighted by Gasteiger charge is -2.23. The normalized spacial score (nSPS) is 18.5. The minimum Gasteiger partial charge on any atom is -0.368 e. The monoisotopic (exact) mass is 330 g/mol. The summed E-state index contributed by atoms with van der Waals surface area (Å²) in [5, 5.41) is 2.96. The molecule has 1 saturated heterocycles. The van der Waals surface area contributed by atoms with Gasteiger partial charge >= 0.3 is 0 Å². The Kier molecular flexibility index (Phi) is 6.36. The molecule has 0 amide bonds. The summed E-state index contributed by atoms with van der Waals surface area (Å²) in [6, 6.07) is 22.0. The highest BCUT2D eigenvalue weighted by molar-refractivity contribution is 8.00.